The fraction of sp³-hybridized carbons (Fsp3) is 0.200. The summed E-state index contributed by atoms with van der Waals surface area (Å²) < 4.78 is 0. The number of carbonyl (C=O) groups is 2. The molecule has 1 unspecified atom stereocenters. The highest BCUT2D eigenvalue weighted by molar-refractivity contribution is 6.32. The van der Waals surface area contributed by atoms with Gasteiger partial charge in [0.05, 0.1) is 28.1 Å². The van der Waals surface area contributed by atoms with Crippen molar-refractivity contribution in [3.05, 3.63) is 82.4 Å². The average molecular weight is 427 g/mol. The van der Waals surface area contributed by atoms with Crippen LogP contribution in [0.2, 0.25) is 0 Å². The number of ketones is 2. The van der Waals surface area contributed by atoms with Crippen LogP contribution >= 0.6 is 0 Å². The smallest absolute Gasteiger partial charge is 0.200 e. The molecule has 2 heterocycles. The quantitative estimate of drug-likeness (QED) is 0.364. The standard InChI is InChI=1S/C25H21N3O4/c29-17-8-9-18(30)21-20(17)23(31)15-6-7-16-22(19(15)24(21)32)27-25(26-16)10-11-28(13-25)12-14-4-2-1-3-5-14/h1-9,26-27,29-30H,10-13H2. The molecule has 1 fully saturated rings. The van der Waals surface area contributed by atoms with Crippen LogP contribution in [0.1, 0.15) is 43.8 Å². The zero-order valence-electron chi connectivity index (χ0n) is 17.2. The summed E-state index contributed by atoms with van der Waals surface area (Å²) in [5, 5.41) is 27.5. The van der Waals surface area contributed by atoms with E-state index in [1.165, 1.54) is 17.7 Å². The lowest BCUT2D eigenvalue weighted by Gasteiger charge is -2.27. The Hall–Kier alpha value is -3.84. The van der Waals surface area contributed by atoms with Crippen LogP contribution in [0.3, 0.4) is 0 Å². The summed E-state index contributed by atoms with van der Waals surface area (Å²) in [7, 11) is 0. The number of benzene rings is 3. The normalized spacial score (nSPS) is 21.1. The van der Waals surface area contributed by atoms with Crippen LogP contribution in [0, 0.1) is 0 Å². The maximum absolute atomic E-state index is 13.4. The van der Waals surface area contributed by atoms with Crippen molar-refractivity contribution in [1.82, 2.24) is 4.90 Å². The number of rotatable bonds is 2. The van der Waals surface area contributed by atoms with E-state index in [9.17, 15) is 19.8 Å². The molecule has 0 bridgehead atoms. The van der Waals surface area contributed by atoms with E-state index in [0.29, 0.717) is 5.69 Å². The van der Waals surface area contributed by atoms with Gasteiger partial charge in [0.1, 0.15) is 17.2 Å². The molecule has 1 atom stereocenters. The van der Waals surface area contributed by atoms with Gasteiger partial charge in [-0.15, -0.1) is 0 Å². The molecule has 7 heteroatoms. The van der Waals surface area contributed by atoms with Gasteiger partial charge in [-0.05, 0) is 29.8 Å². The lowest BCUT2D eigenvalue weighted by Crippen LogP contribution is -2.44. The number of hydrogen-bond donors (Lipinski definition) is 4. The molecule has 3 aromatic carbocycles. The van der Waals surface area contributed by atoms with Crippen LogP contribution in [0.5, 0.6) is 11.5 Å². The van der Waals surface area contributed by atoms with E-state index in [1.54, 1.807) is 12.1 Å². The summed E-state index contributed by atoms with van der Waals surface area (Å²) in [6.07, 6.45) is 0.827. The van der Waals surface area contributed by atoms with Crippen LogP contribution in [0.4, 0.5) is 11.4 Å². The minimum atomic E-state index is -0.467. The van der Waals surface area contributed by atoms with Crippen molar-refractivity contribution >= 4 is 22.9 Å². The SMILES string of the molecule is O=C1c2ccc3c(c2C(=O)c2c(O)ccc(O)c21)NC1(CCN(Cc2ccccc2)C1)N3. The minimum Gasteiger partial charge on any atom is -0.507 e. The maximum Gasteiger partial charge on any atom is 0.200 e. The van der Waals surface area contributed by atoms with Gasteiger partial charge >= 0.3 is 0 Å². The van der Waals surface area contributed by atoms with Gasteiger partial charge in [-0.1, -0.05) is 30.3 Å². The highest BCUT2D eigenvalue weighted by Crippen LogP contribution is 2.46. The van der Waals surface area contributed by atoms with E-state index in [4.69, 9.17) is 0 Å². The topological polar surface area (TPSA) is 102 Å². The van der Waals surface area contributed by atoms with Crippen LogP contribution in [-0.4, -0.2) is 45.4 Å². The highest BCUT2D eigenvalue weighted by Gasteiger charge is 2.46. The molecule has 2 aliphatic heterocycles. The predicted molar refractivity (Wildman–Crippen MR) is 119 cm³/mol. The number of carbonyl (C=O) groups excluding carboxylic acids is 2. The van der Waals surface area contributed by atoms with Crippen LogP contribution in [0.15, 0.2) is 54.6 Å². The monoisotopic (exact) mass is 427 g/mol. The third-order valence-corrected chi connectivity index (χ3v) is 6.63. The summed E-state index contributed by atoms with van der Waals surface area (Å²) >= 11 is 0. The third kappa shape index (κ3) is 2.64. The van der Waals surface area contributed by atoms with Crippen molar-refractivity contribution in [2.45, 2.75) is 18.6 Å². The number of anilines is 2. The summed E-state index contributed by atoms with van der Waals surface area (Å²) in [5.41, 5.74) is 2.33. The Bertz CT molecular complexity index is 1300. The molecule has 3 aromatic rings. The third-order valence-electron chi connectivity index (χ3n) is 6.63. The lowest BCUT2D eigenvalue weighted by atomic mass is 9.82. The molecule has 3 aliphatic rings. The van der Waals surface area contributed by atoms with Gasteiger partial charge in [0, 0.05) is 31.6 Å². The fourth-order valence-corrected chi connectivity index (χ4v) is 5.16. The van der Waals surface area contributed by atoms with Gasteiger partial charge in [0.25, 0.3) is 0 Å². The van der Waals surface area contributed by atoms with Gasteiger partial charge < -0.3 is 20.8 Å². The molecule has 1 spiro atoms. The zero-order chi connectivity index (χ0) is 22.0. The first-order valence-corrected chi connectivity index (χ1v) is 10.6. The molecule has 1 aliphatic carbocycles. The van der Waals surface area contributed by atoms with Gasteiger partial charge in [-0.3, -0.25) is 14.5 Å². The van der Waals surface area contributed by atoms with E-state index in [2.05, 4.69) is 27.7 Å². The van der Waals surface area contributed by atoms with Gasteiger partial charge in [0.15, 0.2) is 5.78 Å². The second-order valence-corrected chi connectivity index (χ2v) is 8.70. The first-order valence-electron chi connectivity index (χ1n) is 10.6. The van der Waals surface area contributed by atoms with E-state index in [1.807, 2.05) is 18.2 Å². The van der Waals surface area contributed by atoms with E-state index in [0.717, 1.165) is 31.7 Å². The van der Waals surface area contributed by atoms with Gasteiger partial charge in [-0.2, -0.15) is 0 Å². The molecule has 0 amide bonds. The zero-order valence-corrected chi connectivity index (χ0v) is 17.2. The number of likely N-dealkylation sites (tertiary alicyclic amines) is 1. The predicted octanol–water partition coefficient (Wildman–Crippen LogP) is 3.31. The van der Waals surface area contributed by atoms with Crippen molar-refractivity contribution < 1.29 is 19.8 Å². The van der Waals surface area contributed by atoms with Crippen molar-refractivity contribution in [1.29, 1.82) is 0 Å². The summed E-state index contributed by atoms with van der Waals surface area (Å²) in [5.74, 6) is -1.55. The van der Waals surface area contributed by atoms with Crippen LogP contribution < -0.4 is 10.6 Å². The molecule has 6 rings (SSSR count). The fourth-order valence-electron chi connectivity index (χ4n) is 5.16. The number of phenolic OH excluding ortho intramolecular Hbond substituents is 2. The van der Waals surface area contributed by atoms with Gasteiger partial charge in [0.2, 0.25) is 5.78 Å². The maximum atomic E-state index is 13.4. The summed E-state index contributed by atoms with van der Waals surface area (Å²) in [4.78, 5) is 28.9. The second kappa shape index (κ2) is 6.58. The van der Waals surface area contributed by atoms with Crippen molar-refractivity contribution in [3.63, 3.8) is 0 Å². The van der Waals surface area contributed by atoms with Crippen LogP contribution in [0.25, 0.3) is 0 Å². The van der Waals surface area contributed by atoms with E-state index < -0.39 is 17.2 Å². The Kier molecular flexibility index (Phi) is 3.88. The number of hydrogen-bond acceptors (Lipinski definition) is 7. The van der Waals surface area contributed by atoms with Gasteiger partial charge in [-0.25, -0.2) is 0 Å². The van der Waals surface area contributed by atoms with Crippen molar-refractivity contribution in [2.75, 3.05) is 23.7 Å². The second-order valence-electron chi connectivity index (χ2n) is 8.70. The molecule has 0 saturated carbocycles. The average Bonchev–Trinajstić information content (AvgIpc) is 3.35. The number of fused-ring (bicyclic) bond motifs is 4. The first-order chi connectivity index (χ1) is 15.5. The summed E-state index contributed by atoms with van der Waals surface area (Å²) in [6.45, 7) is 2.45. The Morgan fingerprint density at radius 1 is 0.844 bits per heavy atom. The first kappa shape index (κ1) is 18.9. The van der Waals surface area contributed by atoms with Crippen molar-refractivity contribution in [3.8, 4) is 11.5 Å². The Morgan fingerprint density at radius 3 is 2.31 bits per heavy atom. The molecule has 4 N–H and O–H groups in total. The molecule has 0 radical (unpaired) electrons. The minimum absolute atomic E-state index is 0.141. The highest BCUT2D eigenvalue weighted by atomic mass is 16.3. The Morgan fingerprint density at radius 2 is 1.56 bits per heavy atom. The molecule has 1 saturated heterocycles. The molecule has 32 heavy (non-hydrogen) atoms. The Balaban J connectivity index is 1.35. The molecular formula is C25H21N3O4. The van der Waals surface area contributed by atoms with Crippen molar-refractivity contribution in [2.24, 2.45) is 0 Å². The largest absolute Gasteiger partial charge is 0.507 e. The molecular weight excluding hydrogens is 406 g/mol. The molecule has 0 aromatic heterocycles. The lowest BCUT2D eigenvalue weighted by molar-refractivity contribution is 0.0975. The number of nitrogens with zero attached hydrogens (tertiary/aromatic N) is 1. The number of phenols is 2. The number of aromatic hydroxyl groups is 2. The molecule has 160 valence electrons. The van der Waals surface area contributed by atoms with E-state index >= 15 is 0 Å². The van der Waals surface area contributed by atoms with E-state index in [-0.39, 0.29) is 33.8 Å². The summed E-state index contributed by atoms with van der Waals surface area (Å²) in [6, 6.07) is 16.2. The van der Waals surface area contributed by atoms with Crippen LogP contribution in [-0.2, 0) is 6.54 Å². The molecule has 7 nitrogen and oxygen atoms in total. The number of nitrogens with one attached hydrogen (secondary N) is 2. The Labute approximate surface area is 184 Å².